The summed E-state index contributed by atoms with van der Waals surface area (Å²) in [5.41, 5.74) is 1.94. The summed E-state index contributed by atoms with van der Waals surface area (Å²) in [5, 5.41) is 4.98. The fraction of sp³-hybridized carbons (Fsp3) is 0.421. The molecule has 2 aromatic rings. The third-order valence-corrected chi connectivity index (χ3v) is 5.00. The summed E-state index contributed by atoms with van der Waals surface area (Å²) in [6, 6.07) is 11.9. The van der Waals surface area contributed by atoms with Crippen molar-refractivity contribution in [2.24, 2.45) is 0 Å². The van der Waals surface area contributed by atoms with Gasteiger partial charge in [0.25, 0.3) is 5.91 Å². The molecule has 1 fully saturated rings. The normalized spacial score (nSPS) is 21.6. The van der Waals surface area contributed by atoms with E-state index in [1.54, 1.807) is 11.3 Å². The van der Waals surface area contributed by atoms with E-state index >= 15 is 0 Å². The van der Waals surface area contributed by atoms with Crippen LogP contribution in [0.25, 0.3) is 0 Å². The van der Waals surface area contributed by atoms with E-state index in [-0.39, 0.29) is 18.1 Å². The van der Waals surface area contributed by atoms with Gasteiger partial charge in [0.05, 0.1) is 18.8 Å². The predicted molar refractivity (Wildman–Crippen MR) is 97.2 cm³/mol. The van der Waals surface area contributed by atoms with Crippen molar-refractivity contribution in [3.63, 3.8) is 0 Å². The minimum absolute atomic E-state index is 0.0245. The third kappa shape index (κ3) is 4.66. The molecule has 1 saturated heterocycles. The molecule has 1 aromatic heterocycles. The van der Waals surface area contributed by atoms with E-state index in [4.69, 9.17) is 4.74 Å². The van der Waals surface area contributed by atoms with Crippen LogP contribution in [-0.2, 0) is 17.8 Å². The smallest absolute Gasteiger partial charge is 0.251 e. The number of carbonyl (C=O) groups excluding carboxylic acids is 1. The Morgan fingerprint density at radius 2 is 1.92 bits per heavy atom. The monoisotopic (exact) mass is 344 g/mol. The Morgan fingerprint density at radius 1 is 1.21 bits per heavy atom. The van der Waals surface area contributed by atoms with E-state index in [0.29, 0.717) is 12.1 Å². The summed E-state index contributed by atoms with van der Waals surface area (Å²) in [4.78, 5) is 15.8. The number of hydrogen-bond acceptors (Lipinski definition) is 4. The largest absolute Gasteiger partial charge is 0.373 e. The molecule has 1 N–H and O–H groups in total. The van der Waals surface area contributed by atoms with Crippen molar-refractivity contribution in [2.45, 2.75) is 39.1 Å². The maximum atomic E-state index is 12.2. The van der Waals surface area contributed by atoms with Gasteiger partial charge in [-0.3, -0.25) is 9.69 Å². The van der Waals surface area contributed by atoms with Gasteiger partial charge in [0.2, 0.25) is 0 Å². The van der Waals surface area contributed by atoms with Crippen molar-refractivity contribution in [3.05, 3.63) is 57.8 Å². The first-order chi connectivity index (χ1) is 11.6. The summed E-state index contributed by atoms with van der Waals surface area (Å²) in [5.74, 6) is -0.0245. The lowest BCUT2D eigenvalue weighted by molar-refractivity contribution is -0.0704. The van der Waals surface area contributed by atoms with E-state index in [1.165, 1.54) is 5.56 Å². The minimum Gasteiger partial charge on any atom is -0.373 e. The Kier molecular flexibility index (Phi) is 5.66. The molecule has 0 saturated carbocycles. The fourth-order valence-electron chi connectivity index (χ4n) is 3.12. The van der Waals surface area contributed by atoms with Crippen molar-refractivity contribution in [1.82, 2.24) is 10.2 Å². The van der Waals surface area contributed by atoms with E-state index in [0.717, 1.165) is 24.5 Å². The van der Waals surface area contributed by atoms with Crippen molar-refractivity contribution in [3.8, 4) is 0 Å². The minimum atomic E-state index is -0.0245. The Balaban J connectivity index is 1.53. The summed E-state index contributed by atoms with van der Waals surface area (Å²) in [7, 11) is 0. The van der Waals surface area contributed by atoms with E-state index in [1.807, 2.05) is 41.8 Å². The molecule has 3 rings (SSSR count). The zero-order chi connectivity index (χ0) is 16.9. The van der Waals surface area contributed by atoms with Crippen molar-refractivity contribution in [1.29, 1.82) is 0 Å². The van der Waals surface area contributed by atoms with Gasteiger partial charge >= 0.3 is 0 Å². The highest BCUT2D eigenvalue weighted by Crippen LogP contribution is 2.15. The second kappa shape index (κ2) is 7.92. The number of morpholine rings is 1. The molecule has 0 bridgehead atoms. The number of amides is 1. The third-order valence-electron chi connectivity index (χ3n) is 4.12. The average molecular weight is 344 g/mol. The number of ether oxygens (including phenoxy) is 1. The number of nitrogens with zero attached hydrogens (tertiary/aromatic N) is 1. The molecule has 0 unspecified atom stereocenters. The quantitative estimate of drug-likeness (QED) is 0.905. The Morgan fingerprint density at radius 3 is 2.54 bits per heavy atom. The lowest BCUT2D eigenvalue weighted by atomic mass is 10.1. The van der Waals surface area contributed by atoms with Crippen LogP contribution in [-0.4, -0.2) is 36.1 Å². The zero-order valence-electron chi connectivity index (χ0n) is 14.2. The van der Waals surface area contributed by atoms with Crippen molar-refractivity contribution < 1.29 is 9.53 Å². The molecule has 1 aromatic carbocycles. The van der Waals surface area contributed by atoms with Gasteiger partial charge < -0.3 is 10.1 Å². The highest BCUT2D eigenvalue weighted by atomic mass is 32.1. The number of nitrogens with one attached hydrogen (secondary N) is 1. The first kappa shape index (κ1) is 17.1. The Labute approximate surface area is 147 Å². The molecule has 1 aliphatic rings. The molecular formula is C19H24N2O2S. The lowest BCUT2D eigenvalue weighted by Gasteiger charge is -2.35. The summed E-state index contributed by atoms with van der Waals surface area (Å²) in [6.45, 7) is 7.62. The molecule has 0 spiro atoms. The first-order valence-corrected chi connectivity index (χ1v) is 9.25. The topological polar surface area (TPSA) is 41.6 Å². The number of hydrogen-bond donors (Lipinski definition) is 1. The van der Waals surface area contributed by atoms with Crippen LogP contribution in [0.2, 0.25) is 0 Å². The Bertz CT molecular complexity index is 645. The molecule has 24 heavy (non-hydrogen) atoms. The molecule has 2 heterocycles. The van der Waals surface area contributed by atoms with Crippen LogP contribution in [0.15, 0.2) is 41.8 Å². The summed E-state index contributed by atoms with van der Waals surface area (Å²) < 4.78 is 5.77. The van der Waals surface area contributed by atoms with Crippen LogP contribution >= 0.6 is 11.3 Å². The number of thiophene rings is 1. The fourth-order valence-corrected chi connectivity index (χ4v) is 3.76. The van der Waals surface area contributed by atoms with Crippen LogP contribution in [0.3, 0.4) is 0 Å². The van der Waals surface area contributed by atoms with E-state index < -0.39 is 0 Å². The molecule has 0 aliphatic carbocycles. The molecule has 0 radical (unpaired) electrons. The predicted octanol–water partition coefficient (Wildman–Crippen LogP) is 3.29. The first-order valence-electron chi connectivity index (χ1n) is 8.37. The number of rotatable bonds is 5. The maximum Gasteiger partial charge on any atom is 0.251 e. The summed E-state index contributed by atoms with van der Waals surface area (Å²) >= 11 is 1.65. The van der Waals surface area contributed by atoms with Crippen molar-refractivity contribution in [2.75, 3.05) is 13.1 Å². The zero-order valence-corrected chi connectivity index (χ0v) is 15.0. The molecule has 1 amide bonds. The lowest BCUT2D eigenvalue weighted by Crippen LogP contribution is -2.44. The van der Waals surface area contributed by atoms with Crippen LogP contribution in [0.4, 0.5) is 0 Å². The van der Waals surface area contributed by atoms with Gasteiger partial charge in [-0.1, -0.05) is 18.2 Å². The van der Waals surface area contributed by atoms with Gasteiger partial charge in [-0.05, 0) is 43.0 Å². The van der Waals surface area contributed by atoms with E-state index in [2.05, 4.69) is 24.1 Å². The average Bonchev–Trinajstić information content (AvgIpc) is 3.06. The van der Waals surface area contributed by atoms with Gasteiger partial charge in [-0.25, -0.2) is 0 Å². The van der Waals surface area contributed by atoms with Crippen LogP contribution in [0.1, 0.15) is 34.6 Å². The van der Waals surface area contributed by atoms with Crippen molar-refractivity contribution >= 4 is 17.2 Å². The van der Waals surface area contributed by atoms with Gasteiger partial charge in [0.15, 0.2) is 0 Å². The molecule has 2 atom stereocenters. The molecule has 1 aliphatic heterocycles. The van der Waals surface area contributed by atoms with Gasteiger partial charge in [0, 0.05) is 30.1 Å². The molecular weight excluding hydrogens is 320 g/mol. The van der Waals surface area contributed by atoms with Crippen LogP contribution < -0.4 is 5.32 Å². The van der Waals surface area contributed by atoms with Gasteiger partial charge in [-0.15, -0.1) is 11.3 Å². The molecule has 4 nitrogen and oxygen atoms in total. The number of benzene rings is 1. The van der Waals surface area contributed by atoms with Gasteiger partial charge in [-0.2, -0.15) is 0 Å². The number of carbonyl (C=O) groups is 1. The van der Waals surface area contributed by atoms with Crippen LogP contribution in [0.5, 0.6) is 0 Å². The SMILES string of the molecule is C[C@@H]1CN(Cc2ccc(C(=O)NCc3cccs3)cc2)C[C@@H](C)O1. The summed E-state index contributed by atoms with van der Waals surface area (Å²) in [6.07, 6.45) is 0.548. The van der Waals surface area contributed by atoms with Gasteiger partial charge in [0.1, 0.15) is 0 Å². The highest BCUT2D eigenvalue weighted by molar-refractivity contribution is 7.09. The second-order valence-corrected chi connectivity index (χ2v) is 7.44. The second-order valence-electron chi connectivity index (χ2n) is 6.41. The molecule has 5 heteroatoms. The highest BCUT2D eigenvalue weighted by Gasteiger charge is 2.22. The maximum absolute atomic E-state index is 12.2. The van der Waals surface area contributed by atoms with Crippen LogP contribution in [0, 0.1) is 0 Å². The molecule has 128 valence electrons. The Hall–Kier alpha value is -1.69. The standard InChI is InChI=1S/C19H24N2O2S/c1-14-11-21(12-15(2)23-14)13-16-5-7-17(8-6-16)19(22)20-10-18-4-3-9-24-18/h3-9,14-15H,10-13H2,1-2H3,(H,20,22)/t14-,15-/m1/s1. The van der Waals surface area contributed by atoms with E-state index in [9.17, 15) is 4.79 Å².